The van der Waals surface area contributed by atoms with Gasteiger partial charge in [0.2, 0.25) is 11.7 Å². The van der Waals surface area contributed by atoms with E-state index < -0.39 is 23.7 Å². The molecule has 0 bridgehead atoms. The Labute approximate surface area is 188 Å². The van der Waals surface area contributed by atoms with Crippen molar-refractivity contribution in [3.63, 3.8) is 0 Å². The summed E-state index contributed by atoms with van der Waals surface area (Å²) in [5, 5.41) is 27.4. The van der Waals surface area contributed by atoms with Crippen LogP contribution in [0.15, 0.2) is 22.9 Å². The van der Waals surface area contributed by atoms with E-state index in [1.807, 2.05) is 0 Å². The van der Waals surface area contributed by atoms with Gasteiger partial charge < -0.3 is 29.8 Å². The zero-order valence-corrected chi connectivity index (χ0v) is 18.1. The van der Waals surface area contributed by atoms with Crippen LogP contribution in [0.25, 0.3) is 11.2 Å². The van der Waals surface area contributed by atoms with Crippen LogP contribution >= 0.6 is 11.6 Å². The largest absolute Gasteiger partial charge is 0.436 e. The molecule has 2 saturated carbocycles. The Morgan fingerprint density at radius 1 is 1.34 bits per heavy atom. The quantitative estimate of drug-likeness (QED) is 0.425. The lowest BCUT2D eigenvalue weighted by molar-refractivity contribution is -0.123. The Kier molecular flexibility index (Phi) is 4.85. The Hall–Kier alpha value is -3.13. The first-order valence-corrected chi connectivity index (χ1v) is 10.5. The van der Waals surface area contributed by atoms with Gasteiger partial charge in [0.15, 0.2) is 28.0 Å². The number of halogens is 1. The third-order valence-corrected chi connectivity index (χ3v) is 6.67. The van der Waals surface area contributed by atoms with Crippen LogP contribution in [0.5, 0.6) is 0 Å². The molecule has 2 aliphatic rings. The van der Waals surface area contributed by atoms with Crippen LogP contribution in [0.2, 0.25) is 5.22 Å². The van der Waals surface area contributed by atoms with E-state index in [1.54, 1.807) is 37.1 Å². The summed E-state index contributed by atoms with van der Waals surface area (Å²) in [4.78, 5) is 25.4. The van der Waals surface area contributed by atoms with Crippen LogP contribution in [0, 0.1) is 23.2 Å². The SMILES string of the molecule is CNC(=O)CC12CC1[C@@H](n1cnc3c(NC)nc(C#Cc4ccc(Cl)o4)nc31)[C@H](O)[C@@H]2O. The van der Waals surface area contributed by atoms with Crippen LogP contribution in [0.3, 0.4) is 0 Å². The number of anilines is 1. The molecule has 4 N–H and O–H groups in total. The van der Waals surface area contributed by atoms with Gasteiger partial charge in [0, 0.05) is 25.9 Å². The molecule has 3 aromatic rings. The van der Waals surface area contributed by atoms with Crippen LogP contribution < -0.4 is 10.6 Å². The van der Waals surface area contributed by atoms with E-state index in [0.29, 0.717) is 29.2 Å². The Morgan fingerprint density at radius 2 is 2.16 bits per heavy atom. The first-order valence-electron chi connectivity index (χ1n) is 10.1. The summed E-state index contributed by atoms with van der Waals surface area (Å²) < 4.78 is 7.00. The highest BCUT2D eigenvalue weighted by atomic mass is 35.5. The predicted molar refractivity (Wildman–Crippen MR) is 115 cm³/mol. The van der Waals surface area contributed by atoms with Crippen molar-refractivity contribution in [3.8, 4) is 11.8 Å². The van der Waals surface area contributed by atoms with E-state index >= 15 is 0 Å². The maximum Gasteiger partial charge on any atom is 0.220 e. The maximum atomic E-state index is 12.0. The normalized spacial score (nSPS) is 28.2. The monoisotopic (exact) mass is 456 g/mol. The number of hydrogen-bond donors (Lipinski definition) is 4. The number of nitrogens with zero attached hydrogens (tertiary/aromatic N) is 4. The van der Waals surface area contributed by atoms with Crippen molar-refractivity contribution < 1.29 is 19.4 Å². The van der Waals surface area contributed by atoms with Crippen molar-refractivity contribution in [1.82, 2.24) is 24.8 Å². The van der Waals surface area contributed by atoms with Gasteiger partial charge in [-0.3, -0.25) is 4.79 Å². The number of amides is 1. The number of aliphatic hydroxyl groups excluding tert-OH is 2. The highest BCUT2D eigenvalue weighted by Gasteiger charge is 2.71. The van der Waals surface area contributed by atoms with Crippen molar-refractivity contribution in [2.75, 3.05) is 19.4 Å². The molecule has 2 unspecified atom stereocenters. The molecule has 0 spiro atoms. The topological polar surface area (TPSA) is 138 Å². The van der Waals surface area contributed by atoms with E-state index in [1.165, 1.54) is 0 Å². The van der Waals surface area contributed by atoms with Crippen molar-refractivity contribution >= 4 is 34.5 Å². The van der Waals surface area contributed by atoms with E-state index in [2.05, 4.69) is 37.4 Å². The van der Waals surface area contributed by atoms with E-state index in [-0.39, 0.29) is 29.3 Å². The van der Waals surface area contributed by atoms with Crippen LogP contribution in [-0.4, -0.2) is 61.9 Å². The zero-order valence-electron chi connectivity index (χ0n) is 17.3. The fraction of sp³-hybridized carbons (Fsp3) is 0.429. The minimum Gasteiger partial charge on any atom is -0.436 e. The Bertz CT molecular complexity index is 1280. The number of fused-ring (bicyclic) bond motifs is 2. The molecule has 10 nitrogen and oxygen atoms in total. The number of hydrogen-bond acceptors (Lipinski definition) is 8. The number of nitrogens with one attached hydrogen (secondary N) is 2. The lowest BCUT2D eigenvalue weighted by atomic mass is 9.95. The average Bonchev–Trinajstić information content (AvgIpc) is 3.04. The van der Waals surface area contributed by atoms with Gasteiger partial charge in [0.25, 0.3) is 0 Å². The molecular formula is C21H21ClN6O4. The molecule has 5 atom stereocenters. The standard InChI is InChI=1S/C21H21ClN6O4/c1-23-14(29)8-21-7-11(21)16(17(30)18(21)31)28-9-25-15-19(24-2)26-13(27-20(15)28)6-4-10-3-5-12(22)32-10/h3,5,9,11,16-18,30-31H,7-8H2,1-2H3,(H,23,29)(H,24,26,27)/t11?,16-,17+,18+,21?/m1/s1. The van der Waals surface area contributed by atoms with Crippen molar-refractivity contribution in [2.45, 2.75) is 31.1 Å². The number of carbonyl (C=O) groups is 1. The van der Waals surface area contributed by atoms with Crippen molar-refractivity contribution in [2.24, 2.45) is 11.3 Å². The molecule has 0 aliphatic heterocycles. The lowest BCUT2D eigenvalue weighted by Gasteiger charge is -2.24. The molecule has 5 rings (SSSR count). The summed E-state index contributed by atoms with van der Waals surface area (Å²) in [6.45, 7) is 0. The minimum absolute atomic E-state index is 0.0741. The third kappa shape index (κ3) is 3.12. The molecule has 0 aromatic carbocycles. The van der Waals surface area contributed by atoms with Gasteiger partial charge in [-0.1, -0.05) is 0 Å². The number of aromatic nitrogens is 4. The molecule has 2 aliphatic carbocycles. The number of carbonyl (C=O) groups excluding carboxylic acids is 1. The molecule has 3 aromatic heterocycles. The maximum absolute atomic E-state index is 12.0. The molecular weight excluding hydrogens is 436 g/mol. The summed E-state index contributed by atoms with van der Waals surface area (Å²) in [5.74, 6) is 6.55. The van der Waals surface area contributed by atoms with Gasteiger partial charge >= 0.3 is 0 Å². The molecule has 166 valence electrons. The summed E-state index contributed by atoms with van der Waals surface area (Å²) in [7, 11) is 3.28. The van der Waals surface area contributed by atoms with Gasteiger partial charge in [-0.25, -0.2) is 15.0 Å². The van der Waals surface area contributed by atoms with Gasteiger partial charge in [0.05, 0.1) is 18.5 Å². The number of rotatable bonds is 4. The van der Waals surface area contributed by atoms with Gasteiger partial charge in [-0.05, 0) is 47.9 Å². The molecule has 0 saturated heterocycles. The van der Waals surface area contributed by atoms with Crippen LogP contribution in [0.1, 0.15) is 30.5 Å². The second-order valence-electron chi connectivity index (χ2n) is 8.14. The van der Waals surface area contributed by atoms with Crippen molar-refractivity contribution in [3.05, 3.63) is 35.3 Å². The molecule has 0 radical (unpaired) electrons. The smallest absolute Gasteiger partial charge is 0.220 e. The average molecular weight is 457 g/mol. The van der Waals surface area contributed by atoms with Gasteiger partial charge in [0.1, 0.15) is 6.10 Å². The fourth-order valence-electron chi connectivity index (χ4n) is 4.83. The first-order chi connectivity index (χ1) is 15.4. The summed E-state index contributed by atoms with van der Waals surface area (Å²) in [6.07, 6.45) is 0.316. The minimum atomic E-state index is -1.05. The third-order valence-electron chi connectivity index (χ3n) is 6.47. The second-order valence-corrected chi connectivity index (χ2v) is 8.52. The summed E-state index contributed by atoms with van der Waals surface area (Å²) >= 11 is 5.79. The highest BCUT2D eigenvalue weighted by Crippen LogP contribution is 2.69. The van der Waals surface area contributed by atoms with E-state index in [0.717, 1.165) is 0 Å². The number of aliphatic hydroxyl groups is 2. The van der Waals surface area contributed by atoms with E-state index in [4.69, 9.17) is 16.0 Å². The highest BCUT2D eigenvalue weighted by molar-refractivity contribution is 6.28. The molecule has 11 heteroatoms. The lowest BCUT2D eigenvalue weighted by Crippen LogP contribution is -2.36. The number of furan rings is 1. The van der Waals surface area contributed by atoms with Gasteiger partial charge in [-0.15, -0.1) is 0 Å². The summed E-state index contributed by atoms with van der Waals surface area (Å²) in [6, 6.07) is 2.77. The molecule has 1 amide bonds. The first kappa shape index (κ1) is 20.8. The summed E-state index contributed by atoms with van der Waals surface area (Å²) in [5.41, 5.74) is 0.358. The molecule has 2 fully saturated rings. The Balaban J connectivity index is 1.54. The van der Waals surface area contributed by atoms with E-state index in [9.17, 15) is 15.0 Å². The molecule has 32 heavy (non-hydrogen) atoms. The Morgan fingerprint density at radius 3 is 2.84 bits per heavy atom. The second kappa shape index (κ2) is 7.48. The predicted octanol–water partition coefficient (Wildman–Crippen LogP) is 0.933. The van der Waals surface area contributed by atoms with Gasteiger partial charge in [-0.2, -0.15) is 0 Å². The fourth-order valence-corrected chi connectivity index (χ4v) is 4.98. The van der Waals surface area contributed by atoms with Crippen molar-refractivity contribution in [1.29, 1.82) is 0 Å². The van der Waals surface area contributed by atoms with Crippen LogP contribution in [-0.2, 0) is 4.79 Å². The molecule has 3 heterocycles. The number of imidazole rings is 1. The van der Waals surface area contributed by atoms with Crippen LogP contribution in [0.4, 0.5) is 5.82 Å². The zero-order chi connectivity index (χ0) is 22.6.